The van der Waals surface area contributed by atoms with Gasteiger partial charge in [0.25, 0.3) is 0 Å². The zero-order valence-corrected chi connectivity index (χ0v) is 11.0. The molecule has 0 aliphatic rings. The molecule has 0 radical (unpaired) electrons. The SMILES string of the molecule is Nc1cccc(OCC(=O)OCc2cc(F)cc(F)c2)c1. The van der Waals surface area contributed by atoms with E-state index in [0.29, 0.717) is 11.4 Å². The molecule has 21 heavy (non-hydrogen) atoms. The van der Waals surface area contributed by atoms with E-state index in [-0.39, 0.29) is 18.8 Å². The Morgan fingerprint density at radius 1 is 1.10 bits per heavy atom. The van der Waals surface area contributed by atoms with E-state index in [1.165, 1.54) is 0 Å². The predicted molar refractivity (Wildman–Crippen MR) is 72.5 cm³/mol. The first-order chi connectivity index (χ1) is 10.0. The molecule has 0 aliphatic carbocycles. The van der Waals surface area contributed by atoms with Gasteiger partial charge in [-0.3, -0.25) is 0 Å². The van der Waals surface area contributed by atoms with E-state index in [1.807, 2.05) is 0 Å². The number of carbonyl (C=O) groups excluding carboxylic acids is 1. The minimum atomic E-state index is -0.725. The molecule has 0 saturated carbocycles. The highest BCUT2D eigenvalue weighted by Gasteiger charge is 2.07. The highest BCUT2D eigenvalue weighted by molar-refractivity contribution is 5.71. The summed E-state index contributed by atoms with van der Waals surface area (Å²) in [4.78, 5) is 11.5. The average molecular weight is 293 g/mol. The van der Waals surface area contributed by atoms with Crippen molar-refractivity contribution >= 4 is 11.7 Å². The molecule has 0 atom stereocenters. The lowest BCUT2D eigenvalue weighted by molar-refractivity contribution is -0.147. The molecule has 0 fully saturated rings. The van der Waals surface area contributed by atoms with Crippen LogP contribution in [0.15, 0.2) is 42.5 Å². The van der Waals surface area contributed by atoms with E-state index in [1.54, 1.807) is 24.3 Å². The zero-order valence-electron chi connectivity index (χ0n) is 11.0. The molecule has 0 aliphatic heterocycles. The first kappa shape index (κ1) is 14.8. The van der Waals surface area contributed by atoms with Crippen LogP contribution in [0.1, 0.15) is 5.56 Å². The van der Waals surface area contributed by atoms with Crippen LogP contribution >= 0.6 is 0 Å². The third-order valence-electron chi connectivity index (χ3n) is 2.54. The summed E-state index contributed by atoms with van der Waals surface area (Å²) in [7, 11) is 0. The van der Waals surface area contributed by atoms with Crippen LogP contribution in [0.4, 0.5) is 14.5 Å². The second kappa shape index (κ2) is 6.69. The van der Waals surface area contributed by atoms with E-state index in [9.17, 15) is 13.6 Å². The summed E-state index contributed by atoms with van der Waals surface area (Å²) in [5.74, 6) is -1.67. The third-order valence-corrected chi connectivity index (χ3v) is 2.54. The molecule has 110 valence electrons. The lowest BCUT2D eigenvalue weighted by Crippen LogP contribution is -2.15. The van der Waals surface area contributed by atoms with Crippen molar-refractivity contribution in [2.24, 2.45) is 0 Å². The van der Waals surface area contributed by atoms with Gasteiger partial charge < -0.3 is 15.2 Å². The van der Waals surface area contributed by atoms with Gasteiger partial charge in [-0.2, -0.15) is 0 Å². The molecule has 4 nitrogen and oxygen atoms in total. The number of esters is 1. The van der Waals surface area contributed by atoms with Crippen molar-refractivity contribution in [3.63, 3.8) is 0 Å². The number of anilines is 1. The van der Waals surface area contributed by atoms with Gasteiger partial charge in [-0.1, -0.05) is 6.07 Å². The predicted octanol–water partition coefficient (Wildman–Crippen LogP) is 2.67. The smallest absolute Gasteiger partial charge is 0.344 e. The quantitative estimate of drug-likeness (QED) is 0.680. The molecule has 2 N–H and O–H groups in total. The standard InChI is InChI=1S/C15H13F2NO3/c16-11-4-10(5-12(17)6-11)8-21-15(19)9-20-14-3-1-2-13(18)7-14/h1-7H,8-9,18H2. The van der Waals surface area contributed by atoms with Crippen LogP contribution in [-0.4, -0.2) is 12.6 Å². The number of hydrogen-bond acceptors (Lipinski definition) is 4. The molecule has 0 bridgehead atoms. The summed E-state index contributed by atoms with van der Waals surface area (Å²) in [5.41, 5.74) is 6.30. The molecule has 0 aromatic heterocycles. The topological polar surface area (TPSA) is 61.5 Å². The summed E-state index contributed by atoms with van der Waals surface area (Å²) in [5, 5.41) is 0. The summed E-state index contributed by atoms with van der Waals surface area (Å²) < 4.78 is 35.9. The molecule has 2 rings (SSSR count). The van der Waals surface area contributed by atoms with Crippen molar-refractivity contribution < 1.29 is 23.0 Å². The fourth-order valence-corrected chi connectivity index (χ4v) is 1.65. The maximum Gasteiger partial charge on any atom is 0.344 e. The molecular formula is C15H13F2NO3. The zero-order chi connectivity index (χ0) is 15.2. The Morgan fingerprint density at radius 2 is 1.81 bits per heavy atom. The monoisotopic (exact) mass is 293 g/mol. The number of ether oxygens (including phenoxy) is 2. The summed E-state index contributed by atoms with van der Waals surface area (Å²) in [6.45, 7) is -0.547. The van der Waals surface area contributed by atoms with Gasteiger partial charge in [-0.25, -0.2) is 13.6 Å². The van der Waals surface area contributed by atoms with Crippen LogP contribution in [0, 0.1) is 11.6 Å². The lowest BCUT2D eigenvalue weighted by Gasteiger charge is -2.08. The number of nitrogen functional groups attached to an aromatic ring is 1. The fourth-order valence-electron chi connectivity index (χ4n) is 1.65. The van der Waals surface area contributed by atoms with Crippen LogP contribution in [0.2, 0.25) is 0 Å². The molecule has 2 aromatic carbocycles. The van der Waals surface area contributed by atoms with Crippen molar-refractivity contribution in [1.82, 2.24) is 0 Å². The van der Waals surface area contributed by atoms with Crippen molar-refractivity contribution in [1.29, 1.82) is 0 Å². The minimum Gasteiger partial charge on any atom is -0.482 e. The lowest BCUT2D eigenvalue weighted by atomic mass is 10.2. The molecule has 0 amide bonds. The molecule has 0 heterocycles. The Bertz CT molecular complexity index is 626. The Kier molecular flexibility index (Phi) is 4.71. The Balaban J connectivity index is 1.82. The Morgan fingerprint density at radius 3 is 2.48 bits per heavy atom. The van der Waals surface area contributed by atoms with Crippen molar-refractivity contribution in [2.45, 2.75) is 6.61 Å². The first-order valence-corrected chi connectivity index (χ1v) is 6.12. The highest BCUT2D eigenvalue weighted by Crippen LogP contribution is 2.14. The number of halogens is 2. The number of benzene rings is 2. The van der Waals surface area contributed by atoms with Crippen LogP contribution in [-0.2, 0) is 16.1 Å². The normalized spacial score (nSPS) is 10.2. The Labute approximate surface area is 120 Å². The van der Waals surface area contributed by atoms with Crippen molar-refractivity contribution in [3.8, 4) is 5.75 Å². The van der Waals surface area contributed by atoms with Gasteiger partial charge in [0.05, 0.1) is 0 Å². The highest BCUT2D eigenvalue weighted by atomic mass is 19.1. The van der Waals surface area contributed by atoms with Crippen LogP contribution in [0.5, 0.6) is 5.75 Å². The molecule has 6 heteroatoms. The number of rotatable bonds is 5. The largest absolute Gasteiger partial charge is 0.482 e. The van der Waals surface area contributed by atoms with Gasteiger partial charge in [0, 0.05) is 17.8 Å². The van der Waals surface area contributed by atoms with E-state index < -0.39 is 17.6 Å². The summed E-state index contributed by atoms with van der Waals surface area (Å²) in [6.07, 6.45) is 0. The molecular weight excluding hydrogens is 280 g/mol. The minimum absolute atomic E-state index is 0.227. The number of hydrogen-bond donors (Lipinski definition) is 1. The van der Waals surface area contributed by atoms with E-state index in [0.717, 1.165) is 18.2 Å². The third kappa shape index (κ3) is 4.76. The van der Waals surface area contributed by atoms with Crippen LogP contribution < -0.4 is 10.5 Å². The second-order valence-corrected chi connectivity index (χ2v) is 4.30. The van der Waals surface area contributed by atoms with Crippen molar-refractivity contribution in [2.75, 3.05) is 12.3 Å². The fraction of sp³-hybridized carbons (Fsp3) is 0.133. The van der Waals surface area contributed by atoms with Gasteiger partial charge in [0.15, 0.2) is 6.61 Å². The van der Waals surface area contributed by atoms with E-state index >= 15 is 0 Å². The summed E-state index contributed by atoms with van der Waals surface area (Å²) in [6, 6.07) is 9.51. The van der Waals surface area contributed by atoms with E-state index in [2.05, 4.69) is 0 Å². The van der Waals surface area contributed by atoms with Gasteiger partial charge in [-0.15, -0.1) is 0 Å². The van der Waals surface area contributed by atoms with Crippen LogP contribution in [0.25, 0.3) is 0 Å². The van der Waals surface area contributed by atoms with E-state index in [4.69, 9.17) is 15.2 Å². The number of carbonyl (C=O) groups is 1. The average Bonchev–Trinajstić information content (AvgIpc) is 2.42. The maximum absolute atomic E-state index is 12.9. The molecule has 0 unspecified atom stereocenters. The van der Waals surface area contributed by atoms with Gasteiger partial charge in [-0.05, 0) is 29.8 Å². The Hall–Kier alpha value is -2.63. The maximum atomic E-state index is 12.9. The molecule has 0 saturated heterocycles. The van der Waals surface area contributed by atoms with Crippen LogP contribution in [0.3, 0.4) is 0 Å². The summed E-state index contributed by atoms with van der Waals surface area (Å²) >= 11 is 0. The van der Waals surface area contributed by atoms with Gasteiger partial charge >= 0.3 is 5.97 Å². The first-order valence-electron chi connectivity index (χ1n) is 6.12. The van der Waals surface area contributed by atoms with Crippen molar-refractivity contribution in [3.05, 3.63) is 59.7 Å². The number of nitrogens with two attached hydrogens (primary N) is 1. The second-order valence-electron chi connectivity index (χ2n) is 4.30. The molecule has 0 spiro atoms. The van der Waals surface area contributed by atoms with Gasteiger partial charge in [0.2, 0.25) is 0 Å². The van der Waals surface area contributed by atoms with Gasteiger partial charge in [0.1, 0.15) is 24.0 Å². The molecule has 2 aromatic rings.